The van der Waals surface area contributed by atoms with Gasteiger partial charge in [0.15, 0.2) is 0 Å². The summed E-state index contributed by atoms with van der Waals surface area (Å²) in [5.74, 6) is 0. The van der Waals surface area contributed by atoms with Crippen LogP contribution in [0.25, 0.3) is 16.2 Å². The Kier molecular flexibility index (Phi) is 7.89. The Morgan fingerprint density at radius 1 is 1.04 bits per heavy atom. The predicted molar refractivity (Wildman–Crippen MR) is 107 cm³/mol. The van der Waals surface area contributed by atoms with Crippen molar-refractivity contribution in [2.24, 2.45) is 0 Å². The molecule has 26 heavy (non-hydrogen) atoms. The largest absolute Gasteiger partial charge is 0.659 e. The molecule has 2 heterocycles. The maximum absolute atomic E-state index is 5.42. The van der Waals surface area contributed by atoms with Crippen LogP contribution in [0.4, 0.5) is 11.4 Å². The fourth-order valence-corrected chi connectivity index (χ4v) is 2.96. The molecule has 0 aliphatic carbocycles. The molecule has 5 heteroatoms. The average molecular weight is 421 g/mol. The molecule has 4 rings (SSSR count). The third-order valence-corrected chi connectivity index (χ3v) is 4.20. The number of benzene rings is 2. The first-order valence-corrected chi connectivity index (χ1v) is 8.55. The molecular weight excluding hydrogens is 397 g/mol. The van der Waals surface area contributed by atoms with Gasteiger partial charge in [-0.3, -0.25) is 4.98 Å². The van der Waals surface area contributed by atoms with Gasteiger partial charge < -0.3 is 16.0 Å². The van der Waals surface area contributed by atoms with Crippen molar-refractivity contribution >= 4 is 22.3 Å². The van der Waals surface area contributed by atoms with Gasteiger partial charge in [-0.1, -0.05) is 12.1 Å². The number of aryl methyl sites for hydroxylation is 1. The Labute approximate surface area is 181 Å². The summed E-state index contributed by atoms with van der Waals surface area (Å²) in [6.07, 6.45) is 0. The Morgan fingerprint density at radius 2 is 1.77 bits per heavy atom. The summed E-state index contributed by atoms with van der Waals surface area (Å²) in [6, 6.07) is 18.1. The van der Waals surface area contributed by atoms with Crippen molar-refractivity contribution < 1.29 is 32.7 Å². The Morgan fingerprint density at radius 3 is 2.42 bits per heavy atom. The van der Waals surface area contributed by atoms with Crippen LogP contribution in [0.15, 0.2) is 54.6 Å². The van der Waals surface area contributed by atoms with E-state index in [0.717, 1.165) is 48.6 Å². The molecule has 0 spiro atoms. The second-order valence-electron chi connectivity index (χ2n) is 6.20. The van der Waals surface area contributed by atoms with E-state index in [0.29, 0.717) is 0 Å². The summed E-state index contributed by atoms with van der Waals surface area (Å²) < 4.78 is 0. The molecule has 0 unspecified atom stereocenters. The Hall–Kier alpha value is -1.62. The molecule has 2 aromatic carbocycles. The number of aromatic nitrogens is 1. The summed E-state index contributed by atoms with van der Waals surface area (Å²) in [6.45, 7) is 9.66. The van der Waals surface area contributed by atoms with E-state index in [9.17, 15) is 0 Å². The maximum atomic E-state index is 5.42. The van der Waals surface area contributed by atoms with Crippen molar-refractivity contribution in [3.05, 3.63) is 78.1 Å². The monoisotopic (exact) mass is 421 g/mol. The maximum Gasteiger partial charge on any atom is 0.0726 e. The van der Waals surface area contributed by atoms with Crippen LogP contribution < -0.4 is 10.6 Å². The fraction of sp³-hybridized carbons (Fsp3) is 0.238. The van der Waals surface area contributed by atoms with Gasteiger partial charge in [-0.2, -0.15) is 18.6 Å². The summed E-state index contributed by atoms with van der Waals surface area (Å²) in [7, 11) is 0. The first-order chi connectivity index (χ1) is 12.1. The Balaban J connectivity index is 0.000000230. The molecule has 0 amide bonds. The number of piperazine rings is 1. The van der Waals surface area contributed by atoms with Crippen molar-refractivity contribution in [2.45, 2.75) is 6.92 Å². The minimum absolute atomic E-state index is 0. The first kappa shape index (κ1) is 20.7. The normalized spacial score (nSPS) is 13.5. The molecule has 133 valence electrons. The van der Waals surface area contributed by atoms with Gasteiger partial charge in [0.05, 0.1) is 5.52 Å². The van der Waals surface area contributed by atoms with Gasteiger partial charge in [0.2, 0.25) is 0 Å². The number of nitrogens with two attached hydrogens (primary N) is 1. The van der Waals surface area contributed by atoms with Crippen LogP contribution in [0.5, 0.6) is 0 Å². The Bertz CT molecular complexity index is 827. The number of hydrogen-bond acceptors (Lipinski definition) is 3. The summed E-state index contributed by atoms with van der Waals surface area (Å²) in [5, 5.41) is 5.64. The van der Waals surface area contributed by atoms with E-state index in [2.05, 4.69) is 52.5 Å². The zero-order chi connectivity index (χ0) is 17.6. The van der Waals surface area contributed by atoms with Crippen LogP contribution in [0, 0.1) is 13.8 Å². The smallest absolute Gasteiger partial charge is 0.0726 e. The van der Waals surface area contributed by atoms with E-state index in [1.807, 2.05) is 31.2 Å². The third kappa shape index (κ3) is 5.44. The topological polar surface area (TPSA) is 56.2 Å². The van der Waals surface area contributed by atoms with Crippen molar-refractivity contribution in [2.75, 3.05) is 36.8 Å². The second-order valence-corrected chi connectivity index (χ2v) is 6.20. The van der Waals surface area contributed by atoms with Crippen molar-refractivity contribution in [1.29, 1.82) is 0 Å². The van der Waals surface area contributed by atoms with Gasteiger partial charge in [0.25, 0.3) is 0 Å². The minimum Gasteiger partial charge on any atom is -0.659 e. The number of hydrogen-bond donors (Lipinski definition) is 1. The van der Waals surface area contributed by atoms with Crippen LogP contribution in [0.3, 0.4) is 0 Å². The van der Waals surface area contributed by atoms with E-state index in [1.54, 1.807) is 0 Å². The molecule has 1 saturated heterocycles. The zero-order valence-electron chi connectivity index (χ0n) is 15.2. The van der Waals surface area contributed by atoms with Gasteiger partial charge in [-0.25, -0.2) is 0 Å². The standard InChI is InChI=1S/C14H16N3.C7H8N.Y/c1-11-5-6-12-13(16-11)3-2-4-14(12)17-9-7-15-8-10-17;1-6-3-2-4-7(8)5-6;/h2-6H,7-10H2,1H3;2-5H,1,8H2;/q2*-1;. The molecule has 0 bridgehead atoms. The van der Waals surface area contributed by atoms with E-state index in [-0.39, 0.29) is 32.7 Å². The first-order valence-electron chi connectivity index (χ1n) is 8.55. The molecule has 1 aliphatic heterocycles. The van der Waals surface area contributed by atoms with Gasteiger partial charge >= 0.3 is 0 Å². The second kappa shape index (κ2) is 9.91. The number of rotatable bonds is 1. The van der Waals surface area contributed by atoms with Crippen molar-refractivity contribution in [3.63, 3.8) is 0 Å². The molecule has 1 aliphatic rings. The number of pyridine rings is 1. The third-order valence-electron chi connectivity index (χ3n) is 4.20. The van der Waals surface area contributed by atoms with E-state index in [4.69, 9.17) is 5.73 Å². The molecule has 1 fully saturated rings. The number of fused-ring (bicyclic) bond motifs is 1. The molecule has 1 radical (unpaired) electrons. The number of anilines is 2. The minimum atomic E-state index is 0. The van der Waals surface area contributed by atoms with Crippen LogP contribution in [0.1, 0.15) is 11.3 Å². The van der Waals surface area contributed by atoms with Crippen molar-refractivity contribution in [3.8, 4) is 0 Å². The molecule has 0 atom stereocenters. The average Bonchev–Trinajstić information content (AvgIpc) is 2.62. The summed E-state index contributed by atoms with van der Waals surface area (Å²) in [4.78, 5) is 6.99. The van der Waals surface area contributed by atoms with Crippen LogP contribution >= 0.6 is 0 Å². The number of nitrogen functional groups attached to an aromatic ring is 1. The van der Waals surface area contributed by atoms with E-state index < -0.39 is 0 Å². The molecule has 4 nitrogen and oxygen atoms in total. The van der Waals surface area contributed by atoms with Crippen molar-refractivity contribution in [1.82, 2.24) is 4.98 Å². The molecular formula is C21H24N4Y-2. The SMILES string of the molecule is Cc1ccc2c(N3CC[N-]CC3)cccc2n1.[CH2-]c1cccc(N)c1.[Y]. The predicted octanol–water partition coefficient (Wildman–Crippen LogP) is 4.19. The van der Waals surface area contributed by atoms with Crippen LogP contribution in [0.2, 0.25) is 0 Å². The zero-order valence-corrected chi connectivity index (χ0v) is 18.1. The fourth-order valence-electron chi connectivity index (χ4n) is 2.96. The molecule has 1 aromatic heterocycles. The van der Waals surface area contributed by atoms with Gasteiger partial charge in [-0.15, -0.1) is 25.2 Å². The van der Waals surface area contributed by atoms with Crippen LogP contribution in [-0.4, -0.2) is 31.2 Å². The van der Waals surface area contributed by atoms with Crippen LogP contribution in [-0.2, 0) is 32.7 Å². The van der Waals surface area contributed by atoms with Gasteiger partial charge in [0, 0.05) is 49.5 Å². The van der Waals surface area contributed by atoms with E-state index >= 15 is 0 Å². The number of nitrogens with zero attached hydrogens (tertiary/aromatic N) is 3. The quantitative estimate of drug-likeness (QED) is 0.474. The molecule has 2 N–H and O–H groups in total. The van der Waals surface area contributed by atoms with Gasteiger partial charge in [-0.05, 0) is 50.0 Å². The van der Waals surface area contributed by atoms with E-state index in [1.165, 1.54) is 11.1 Å². The summed E-state index contributed by atoms with van der Waals surface area (Å²) in [5.41, 5.74) is 10.6. The molecule has 0 saturated carbocycles. The summed E-state index contributed by atoms with van der Waals surface area (Å²) >= 11 is 0. The molecule has 3 aromatic rings. The van der Waals surface area contributed by atoms with Gasteiger partial charge in [0.1, 0.15) is 0 Å².